The van der Waals surface area contributed by atoms with Crippen molar-refractivity contribution >= 4 is 22.4 Å². The third-order valence-corrected chi connectivity index (χ3v) is 3.95. The molecule has 1 unspecified atom stereocenters. The summed E-state index contributed by atoms with van der Waals surface area (Å²) in [5.74, 6) is 0.566. The van der Waals surface area contributed by atoms with E-state index in [2.05, 4.69) is 40.6 Å². The molecular weight excluding hydrogens is 258 g/mol. The maximum Gasteiger partial charge on any atom is 0.147 e. The lowest BCUT2D eigenvalue weighted by Gasteiger charge is -2.20. The van der Waals surface area contributed by atoms with Crippen molar-refractivity contribution in [3.05, 3.63) is 24.5 Å². The summed E-state index contributed by atoms with van der Waals surface area (Å²) in [5, 5.41) is 4.44. The first-order chi connectivity index (χ1) is 9.09. The molecule has 0 saturated carbocycles. The zero-order chi connectivity index (χ0) is 13.8. The number of pyridine rings is 1. The summed E-state index contributed by atoms with van der Waals surface area (Å²) < 4.78 is 4.24. The predicted molar refractivity (Wildman–Crippen MR) is 81.4 cm³/mol. The van der Waals surface area contributed by atoms with E-state index in [9.17, 15) is 0 Å². The van der Waals surface area contributed by atoms with Crippen molar-refractivity contribution in [2.24, 2.45) is 0 Å². The minimum Gasteiger partial charge on any atom is -0.382 e. The number of hydrogen-bond acceptors (Lipinski definition) is 6. The molecule has 19 heavy (non-hydrogen) atoms. The quantitative estimate of drug-likeness (QED) is 0.876. The second-order valence-corrected chi connectivity index (χ2v) is 5.47. The van der Waals surface area contributed by atoms with Gasteiger partial charge in [-0.2, -0.15) is 4.37 Å². The topological polar surface area (TPSA) is 67.1 Å². The van der Waals surface area contributed by atoms with E-state index in [0.29, 0.717) is 11.9 Å². The molecule has 0 spiro atoms. The summed E-state index contributed by atoms with van der Waals surface area (Å²) in [4.78, 5) is 6.20. The highest BCUT2D eigenvalue weighted by Gasteiger charge is 2.14. The molecule has 1 atom stereocenters. The molecule has 5 nitrogen and oxygen atoms in total. The average Bonchev–Trinajstić information content (AvgIpc) is 2.78. The first-order valence-corrected chi connectivity index (χ1v) is 6.92. The van der Waals surface area contributed by atoms with Crippen molar-refractivity contribution in [3.63, 3.8) is 0 Å². The van der Waals surface area contributed by atoms with Gasteiger partial charge in [-0.3, -0.25) is 4.98 Å². The second kappa shape index (κ2) is 5.99. The number of nitrogens with one attached hydrogen (secondary N) is 1. The van der Waals surface area contributed by atoms with Crippen LogP contribution in [0.4, 0.5) is 10.8 Å². The van der Waals surface area contributed by atoms with Gasteiger partial charge in [0.25, 0.3) is 0 Å². The van der Waals surface area contributed by atoms with Crippen LogP contribution in [-0.4, -0.2) is 40.9 Å². The standard InChI is InChI=1S/C13H19N5S/c1-9(18(2)3)8-16-13-11(12(14)17-19-13)10-4-6-15-7-5-10/h4-7,9,16H,8H2,1-3H3,(H2,14,17). The number of anilines is 2. The summed E-state index contributed by atoms with van der Waals surface area (Å²) >= 11 is 1.40. The molecule has 0 radical (unpaired) electrons. The number of likely N-dealkylation sites (N-methyl/N-ethyl adjacent to an activating group) is 1. The van der Waals surface area contributed by atoms with Gasteiger partial charge in [0.05, 0.1) is 5.56 Å². The molecule has 0 bridgehead atoms. The van der Waals surface area contributed by atoms with Crippen LogP contribution in [0.15, 0.2) is 24.5 Å². The van der Waals surface area contributed by atoms with E-state index in [0.717, 1.165) is 22.7 Å². The largest absolute Gasteiger partial charge is 0.382 e. The lowest BCUT2D eigenvalue weighted by Crippen LogP contribution is -2.31. The molecule has 102 valence electrons. The molecule has 6 heteroatoms. The number of aromatic nitrogens is 2. The first-order valence-electron chi connectivity index (χ1n) is 6.15. The molecule has 0 fully saturated rings. The average molecular weight is 277 g/mol. The van der Waals surface area contributed by atoms with Crippen molar-refractivity contribution in [2.75, 3.05) is 31.7 Å². The van der Waals surface area contributed by atoms with Gasteiger partial charge in [0.1, 0.15) is 10.8 Å². The van der Waals surface area contributed by atoms with E-state index in [1.165, 1.54) is 11.5 Å². The smallest absolute Gasteiger partial charge is 0.147 e. The molecule has 0 aliphatic carbocycles. The van der Waals surface area contributed by atoms with Crippen LogP contribution >= 0.6 is 11.5 Å². The Labute approximate surface area is 117 Å². The van der Waals surface area contributed by atoms with Gasteiger partial charge < -0.3 is 16.0 Å². The lowest BCUT2D eigenvalue weighted by atomic mass is 10.1. The summed E-state index contributed by atoms with van der Waals surface area (Å²) in [6, 6.07) is 4.33. The predicted octanol–water partition coefficient (Wildman–Crippen LogP) is 2.15. The Morgan fingerprint density at radius 1 is 1.37 bits per heavy atom. The van der Waals surface area contributed by atoms with Crippen LogP contribution in [0, 0.1) is 0 Å². The Bertz CT molecular complexity index is 523. The minimum atomic E-state index is 0.439. The minimum absolute atomic E-state index is 0.439. The third kappa shape index (κ3) is 3.21. The Kier molecular flexibility index (Phi) is 4.34. The van der Waals surface area contributed by atoms with Gasteiger partial charge in [-0.05, 0) is 50.2 Å². The fourth-order valence-corrected chi connectivity index (χ4v) is 2.39. The molecule has 2 rings (SSSR count). The number of nitrogens with zero attached hydrogens (tertiary/aromatic N) is 3. The SMILES string of the molecule is CC(CNc1snc(N)c1-c1ccncc1)N(C)C. The Morgan fingerprint density at radius 3 is 2.68 bits per heavy atom. The van der Waals surface area contributed by atoms with Crippen molar-refractivity contribution in [3.8, 4) is 11.1 Å². The molecule has 0 aromatic carbocycles. The Hall–Kier alpha value is -1.66. The van der Waals surface area contributed by atoms with E-state index in [1.807, 2.05) is 12.1 Å². The van der Waals surface area contributed by atoms with E-state index < -0.39 is 0 Å². The molecule has 2 aromatic heterocycles. The third-order valence-electron chi connectivity index (χ3n) is 3.13. The van der Waals surface area contributed by atoms with Crippen LogP contribution in [0.1, 0.15) is 6.92 Å². The van der Waals surface area contributed by atoms with Gasteiger partial charge in [0, 0.05) is 25.0 Å². The van der Waals surface area contributed by atoms with Gasteiger partial charge in [0.15, 0.2) is 0 Å². The van der Waals surface area contributed by atoms with Gasteiger partial charge in [0.2, 0.25) is 0 Å². The zero-order valence-electron chi connectivity index (χ0n) is 11.4. The summed E-state index contributed by atoms with van der Waals surface area (Å²) in [5.41, 5.74) is 7.98. The maximum absolute atomic E-state index is 5.97. The molecule has 0 aliphatic heterocycles. The van der Waals surface area contributed by atoms with Crippen molar-refractivity contribution in [2.45, 2.75) is 13.0 Å². The van der Waals surface area contributed by atoms with Crippen molar-refractivity contribution in [1.82, 2.24) is 14.3 Å². The number of rotatable bonds is 5. The van der Waals surface area contributed by atoms with Crippen LogP contribution in [0.2, 0.25) is 0 Å². The summed E-state index contributed by atoms with van der Waals surface area (Å²) in [7, 11) is 4.13. The molecular formula is C13H19N5S. The fourth-order valence-electron chi connectivity index (χ4n) is 1.64. The molecule has 2 aromatic rings. The summed E-state index contributed by atoms with van der Waals surface area (Å²) in [6.45, 7) is 3.02. The van der Waals surface area contributed by atoms with E-state index in [4.69, 9.17) is 5.73 Å². The highest BCUT2D eigenvalue weighted by molar-refractivity contribution is 7.11. The maximum atomic E-state index is 5.97. The monoisotopic (exact) mass is 277 g/mol. The summed E-state index contributed by atoms with van der Waals surface area (Å²) in [6.07, 6.45) is 3.53. The van der Waals surface area contributed by atoms with Gasteiger partial charge in [-0.15, -0.1) is 0 Å². The number of nitrogen functional groups attached to an aromatic ring is 1. The first kappa shape index (κ1) is 13.8. The Balaban J connectivity index is 2.19. The van der Waals surface area contributed by atoms with E-state index in [-0.39, 0.29) is 0 Å². The van der Waals surface area contributed by atoms with Crippen LogP contribution in [0.25, 0.3) is 11.1 Å². The highest BCUT2D eigenvalue weighted by Crippen LogP contribution is 2.36. The van der Waals surface area contributed by atoms with Crippen LogP contribution in [-0.2, 0) is 0 Å². The highest BCUT2D eigenvalue weighted by atomic mass is 32.1. The van der Waals surface area contributed by atoms with Crippen LogP contribution in [0.3, 0.4) is 0 Å². The van der Waals surface area contributed by atoms with Gasteiger partial charge >= 0.3 is 0 Å². The lowest BCUT2D eigenvalue weighted by molar-refractivity contribution is 0.326. The molecule has 3 N–H and O–H groups in total. The van der Waals surface area contributed by atoms with Crippen molar-refractivity contribution in [1.29, 1.82) is 0 Å². The molecule has 0 saturated heterocycles. The number of hydrogen-bond donors (Lipinski definition) is 2. The number of nitrogens with two attached hydrogens (primary N) is 1. The van der Waals surface area contributed by atoms with Gasteiger partial charge in [-0.25, -0.2) is 0 Å². The Morgan fingerprint density at radius 2 is 2.05 bits per heavy atom. The van der Waals surface area contributed by atoms with Gasteiger partial charge in [-0.1, -0.05) is 0 Å². The van der Waals surface area contributed by atoms with Crippen molar-refractivity contribution < 1.29 is 0 Å². The molecule has 0 aliphatic rings. The van der Waals surface area contributed by atoms with Crippen LogP contribution < -0.4 is 11.1 Å². The molecule has 0 amide bonds. The van der Waals surface area contributed by atoms with E-state index in [1.54, 1.807) is 12.4 Å². The second-order valence-electron chi connectivity index (χ2n) is 4.70. The normalized spacial score (nSPS) is 12.6. The van der Waals surface area contributed by atoms with Crippen LogP contribution in [0.5, 0.6) is 0 Å². The molecule has 2 heterocycles. The zero-order valence-corrected chi connectivity index (χ0v) is 12.2. The van der Waals surface area contributed by atoms with E-state index >= 15 is 0 Å². The fraction of sp³-hybridized carbons (Fsp3) is 0.385.